The van der Waals surface area contributed by atoms with Gasteiger partial charge >= 0.3 is 5.97 Å². The van der Waals surface area contributed by atoms with Crippen LogP contribution in [0.15, 0.2) is 30.3 Å². The van der Waals surface area contributed by atoms with E-state index in [1.54, 1.807) is 0 Å². The van der Waals surface area contributed by atoms with E-state index in [0.29, 0.717) is 5.69 Å². The molecule has 0 radical (unpaired) electrons. The molecular formula is C16H20N2O2. The average Bonchev–Trinajstić information content (AvgIpc) is 2.72. The van der Waals surface area contributed by atoms with E-state index in [2.05, 4.69) is 35.9 Å². The van der Waals surface area contributed by atoms with Gasteiger partial charge in [0.1, 0.15) is 5.82 Å². The van der Waals surface area contributed by atoms with Gasteiger partial charge in [-0.1, -0.05) is 44.2 Å². The first-order valence-corrected chi connectivity index (χ1v) is 6.70. The van der Waals surface area contributed by atoms with Gasteiger partial charge in [-0.3, -0.25) is 4.79 Å². The van der Waals surface area contributed by atoms with Crippen LogP contribution in [0.5, 0.6) is 0 Å². The summed E-state index contributed by atoms with van der Waals surface area (Å²) in [4.78, 5) is 18.5. The minimum absolute atomic E-state index is 0.0379. The molecule has 0 aliphatic carbocycles. The van der Waals surface area contributed by atoms with Crippen LogP contribution in [0.4, 0.5) is 0 Å². The zero-order chi connectivity index (χ0) is 14.8. The number of aromatic amines is 1. The minimum Gasteiger partial charge on any atom is -0.481 e. The van der Waals surface area contributed by atoms with Crippen molar-refractivity contribution >= 4 is 5.97 Å². The summed E-state index contributed by atoms with van der Waals surface area (Å²) in [7, 11) is 0. The largest absolute Gasteiger partial charge is 0.481 e. The number of aromatic nitrogens is 2. The lowest BCUT2D eigenvalue weighted by molar-refractivity contribution is -0.136. The van der Waals surface area contributed by atoms with Gasteiger partial charge in [0.15, 0.2) is 0 Å². The van der Waals surface area contributed by atoms with Crippen LogP contribution in [0.3, 0.4) is 0 Å². The van der Waals surface area contributed by atoms with Crippen LogP contribution in [0.25, 0.3) is 0 Å². The van der Waals surface area contributed by atoms with Crippen molar-refractivity contribution in [2.75, 3.05) is 0 Å². The number of hydrogen-bond donors (Lipinski definition) is 2. The molecule has 0 aliphatic rings. The Morgan fingerprint density at radius 2 is 1.95 bits per heavy atom. The molecule has 0 amide bonds. The lowest BCUT2D eigenvalue weighted by Crippen LogP contribution is -2.22. The Bertz CT molecular complexity index is 600. The number of aryl methyl sites for hydroxylation is 1. The predicted octanol–water partition coefficient (Wildman–Crippen LogP) is 2.87. The molecule has 0 saturated heterocycles. The summed E-state index contributed by atoms with van der Waals surface area (Å²) >= 11 is 0. The first kappa shape index (κ1) is 14.3. The average molecular weight is 272 g/mol. The molecule has 4 nitrogen and oxygen atoms in total. The second-order valence-electron chi connectivity index (χ2n) is 5.77. The molecule has 0 fully saturated rings. The fourth-order valence-electron chi connectivity index (χ4n) is 2.32. The molecule has 20 heavy (non-hydrogen) atoms. The SMILES string of the molecule is Cc1[nH]c(C(C)(C)Cc2ccccc2)nc1CC(=O)O. The topological polar surface area (TPSA) is 66.0 Å². The highest BCUT2D eigenvalue weighted by Crippen LogP contribution is 2.26. The quantitative estimate of drug-likeness (QED) is 0.879. The molecule has 0 atom stereocenters. The third kappa shape index (κ3) is 3.26. The highest BCUT2D eigenvalue weighted by Gasteiger charge is 2.26. The Morgan fingerprint density at radius 3 is 2.55 bits per heavy atom. The van der Waals surface area contributed by atoms with Crippen LogP contribution >= 0.6 is 0 Å². The van der Waals surface area contributed by atoms with Crippen molar-refractivity contribution in [2.24, 2.45) is 0 Å². The Morgan fingerprint density at radius 1 is 1.30 bits per heavy atom. The second kappa shape index (κ2) is 5.49. The zero-order valence-electron chi connectivity index (χ0n) is 12.1. The van der Waals surface area contributed by atoms with Crippen LogP contribution in [0, 0.1) is 6.92 Å². The van der Waals surface area contributed by atoms with E-state index < -0.39 is 5.97 Å². The van der Waals surface area contributed by atoms with E-state index in [1.807, 2.05) is 25.1 Å². The number of nitrogens with zero attached hydrogens (tertiary/aromatic N) is 1. The Labute approximate surface area is 118 Å². The van der Waals surface area contributed by atoms with Crippen LogP contribution in [0.2, 0.25) is 0 Å². The molecule has 0 bridgehead atoms. The van der Waals surface area contributed by atoms with Gasteiger partial charge in [0.25, 0.3) is 0 Å². The maximum atomic E-state index is 10.8. The van der Waals surface area contributed by atoms with Gasteiger partial charge in [0.2, 0.25) is 0 Å². The van der Waals surface area contributed by atoms with Crippen LogP contribution in [0.1, 0.15) is 36.6 Å². The Balaban J connectivity index is 2.23. The van der Waals surface area contributed by atoms with Crippen molar-refractivity contribution in [1.82, 2.24) is 9.97 Å². The van der Waals surface area contributed by atoms with Gasteiger partial charge in [-0.05, 0) is 18.9 Å². The first-order chi connectivity index (χ1) is 9.38. The second-order valence-corrected chi connectivity index (χ2v) is 5.77. The maximum Gasteiger partial charge on any atom is 0.309 e. The molecule has 4 heteroatoms. The van der Waals surface area contributed by atoms with Crippen molar-refractivity contribution in [2.45, 2.75) is 39.0 Å². The molecule has 0 spiro atoms. The standard InChI is InChI=1S/C16H20N2O2/c1-11-13(9-14(19)20)18-15(17-11)16(2,3)10-12-7-5-4-6-8-12/h4-8H,9-10H2,1-3H3,(H,17,18)(H,19,20). The number of carboxylic acids is 1. The lowest BCUT2D eigenvalue weighted by atomic mass is 9.85. The number of nitrogens with one attached hydrogen (secondary N) is 1. The van der Waals surface area contributed by atoms with Crippen molar-refractivity contribution < 1.29 is 9.90 Å². The minimum atomic E-state index is -0.855. The maximum absolute atomic E-state index is 10.8. The number of imidazole rings is 1. The molecule has 2 rings (SSSR count). The summed E-state index contributed by atoms with van der Waals surface area (Å²) < 4.78 is 0. The normalized spacial score (nSPS) is 11.6. The summed E-state index contributed by atoms with van der Waals surface area (Å²) in [5.74, 6) is -0.0119. The van der Waals surface area contributed by atoms with Gasteiger partial charge in [-0.25, -0.2) is 4.98 Å². The molecular weight excluding hydrogens is 252 g/mol. The van der Waals surface area contributed by atoms with Gasteiger partial charge in [-0.15, -0.1) is 0 Å². The van der Waals surface area contributed by atoms with Gasteiger partial charge in [0, 0.05) is 11.1 Å². The number of carboxylic acid groups (broad SMARTS) is 1. The third-order valence-electron chi connectivity index (χ3n) is 3.43. The van der Waals surface area contributed by atoms with Crippen LogP contribution < -0.4 is 0 Å². The van der Waals surface area contributed by atoms with E-state index in [4.69, 9.17) is 5.11 Å². The van der Waals surface area contributed by atoms with Gasteiger partial charge in [-0.2, -0.15) is 0 Å². The summed E-state index contributed by atoms with van der Waals surface area (Å²) in [6.07, 6.45) is 0.817. The molecule has 0 aliphatic heterocycles. The van der Waals surface area contributed by atoms with Crippen molar-refractivity contribution in [1.29, 1.82) is 0 Å². The molecule has 1 aromatic heterocycles. The highest BCUT2D eigenvalue weighted by molar-refractivity contribution is 5.69. The fraction of sp³-hybridized carbons (Fsp3) is 0.375. The van der Waals surface area contributed by atoms with E-state index in [-0.39, 0.29) is 11.8 Å². The van der Waals surface area contributed by atoms with Crippen molar-refractivity contribution in [3.8, 4) is 0 Å². The van der Waals surface area contributed by atoms with Crippen LogP contribution in [-0.4, -0.2) is 21.0 Å². The molecule has 106 valence electrons. The number of hydrogen-bond acceptors (Lipinski definition) is 2. The van der Waals surface area contributed by atoms with E-state index in [0.717, 1.165) is 17.9 Å². The summed E-state index contributed by atoms with van der Waals surface area (Å²) in [6, 6.07) is 10.2. The monoisotopic (exact) mass is 272 g/mol. The van der Waals surface area contributed by atoms with Gasteiger partial charge in [0.05, 0.1) is 12.1 Å². The van der Waals surface area contributed by atoms with E-state index in [1.165, 1.54) is 5.56 Å². The molecule has 0 unspecified atom stereocenters. The number of benzene rings is 1. The highest BCUT2D eigenvalue weighted by atomic mass is 16.4. The number of aliphatic carboxylic acids is 1. The number of rotatable bonds is 5. The fourth-order valence-corrected chi connectivity index (χ4v) is 2.32. The Kier molecular flexibility index (Phi) is 3.93. The summed E-state index contributed by atoms with van der Waals surface area (Å²) in [5, 5.41) is 8.88. The zero-order valence-corrected chi connectivity index (χ0v) is 12.1. The first-order valence-electron chi connectivity index (χ1n) is 6.70. The summed E-state index contributed by atoms with van der Waals surface area (Å²) in [5.41, 5.74) is 2.53. The van der Waals surface area contributed by atoms with E-state index in [9.17, 15) is 4.79 Å². The van der Waals surface area contributed by atoms with E-state index >= 15 is 0 Å². The molecule has 2 N–H and O–H groups in total. The Hall–Kier alpha value is -2.10. The third-order valence-corrected chi connectivity index (χ3v) is 3.43. The molecule has 2 aromatic rings. The molecule has 1 heterocycles. The molecule has 0 saturated carbocycles. The number of H-pyrrole nitrogens is 1. The van der Waals surface area contributed by atoms with Crippen molar-refractivity contribution in [3.63, 3.8) is 0 Å². The van der Waals surface area contributed by atoms with Crippen LogP contribution in [-0.2, 0) is 23.1 Å². The lowest BCUT2D eigenvalue weighted by Gasteiger charge is -2.22. The predicted molar refractivity (Wildman–Crippen MR) is 77.8 cm³/mol. The number of carbonyl (C=O) groups is 1. The summed E-state index contributed by atoms with van der Waals surface area (Å²) in [6.45, 7) is 6.10. The van der Waals surface area contributed by atoms with Gasteiger partial charge < -0.3 is 10.1 Å². The molecule has 1 aromatic carbocycles. The smallest absolute Gasteiger partial charge is 0.309 e. The van der Waals surface area contributed by atoms with Crippen molar-refractivity contribution in [3.05, 3.63) is 53.1 Å².